The van der Waals surface area contributed by atoms with E-state index in [2.05, 4.69) is 18.7 Å². The number of hydrogen-bond donors (Lipinski definition) is 0. The molecule has 0 heterocycles. The standard InChI is InChI=1S/C51H93NO6S2/c1-5-23-42(6-2)33-35-50(54)57-47(44-26-14-8-15-27-44)40-59-38-20-10-18-30-46(56-49(53)32-22-37-52(3)4)31-19-11-21-39-60-41-48(45-28-16-9-17-29-45)58-51(55)36-34-43-24-12-7-13-25-43/h42-48H,5-41H2,1-4H3. The maximum Gasteiger partial charge on any atom is 0.306 e. The molecular weight excluding hydrogens is 787 g/mol. The summed E-state index contributed by atoms with van der Waals surface area (Å²) < 4.78 is 18.6. The first kappa shape index (κ1) is 53.4. The topological polar surface area (TPSA) is 82.1 Å². The van der Waals surface area contributed by atoms with Gasteiger partial charge in [-0.3, -0.25) is 14.4 Å². The highest BCUT2D eigenvalue weighted by Crippen LogP contribution is 2.33. The van der Waals surface area contributed by atoms with Crippen molar-refractivity contribution in [1.82, 2.24) is 4.90 Å². The third-order valence-electron chi connectivity index (χ3n) is 13.9. The Bertz CT molecular complexity index is 1030. The molecule has 3 aliphatic carbocycles. The van der Waals surface area contributed by atoms with Crippen LogP contribution in [0.3, 0.4) is 0 Å². The van der Waals surface area contributed by atoms with Gasteiger partial charge in [0, 0.05) is 30.8 Å². The van der Waals surface area contributed by atoms with E-state index in [1.54, 1.807) is 0 Å². The summed E-state index contributed by atoms with van der Waals surface area (Å²) in [6.07, 6.45) is 35.7. The minimum absolute atomic E-state index is 0.000549. The number of rotatable bonds is 34. The molecule has 350 valence electrons. The van der Waals surface area contributed by atoms with Gasteiger partial charge in [-0.15, -0.1) is 0 Å². The van der Waals surface area contributed by atoms with Gasteiger partial charge in [-0.2, -0.15) is 23.5 Å². The Labute approximate surface area is 378 Å². The Morgan fingerprint density at radius 2 is 1.05 bits per heavy atom. The number of ether oxygens (including phenoxy) is 3. The lowest BCUT2D eigenvalue weighted by atomic mass is 9.85. The molecular formula is C51H93NO6S2. The van der Waals surface area contributed by atoms with E-state index in [-0.39, 0.29) is 36.2 Å². The van der Waals surface area contributed by atoms with Crippen LogP contribution in [0.2, 0.25) is 0 Å². The summed E-state index contributed by atoms with van der Waals surface area (Å²) in [5.41, 5.74) is 0. The van der Waals surface area contributed by atoms with E-state index < -0.39 is 0 Å². The second kappa shape index (κ2) is 34.5. The second-order valence-corrected chi connectivity index (χ2v) is 21.7. The normalized spacial score (nSPS) is 19.1. The number of carbonyl (C=O) groups is 3. The molecule has 0 aliphatic heterocycles. The molecule has 7 nitrogen and oxygen atoms in total. The van der Waals surface area contributed by atoms with Crippen molar-refractivity contribution in [2.75, 3.05) is 43.7 Å². The smallest absolute Gasteiger partial charge is 0.306 e. The fourth-order valence-electron chi connectivity index (χ4n) is 10.0. The highest BCUT2D eigenvalue weighted by atomic mass is 32.2. The zero-order valence-corrected chi connectivity index (χ0v) is 41.1. The highest BCUT2D eigenvalue weighted by molar-refractivity contribution is 7.99. The van der Waals surface area contributed by atoms with Crippen LogP contribution in [0.15, 0.2) is 0 Å². The first-order valence-corrected chi connectivity index (χ1v) is 28.0. The minimum atomic E-state index is -0.0473. The first-order valence-electron chi connectivity index (χ1n) is 25.7. The average molecular weight is 880 g/mol. The third kappa shape index (κ3) is 25.4. The minimum Gasteiger partial charge on any atom is -0.462 e. The van der Waals surface area contributed by atoms with Crippen molar-refractivity contribution in [2.24, 2.45) is 23.7 Å². The lowest BCUT2D eigenvalue weighted by molar-refractivity contribution is -0.152. The first-order chi connectivity index (χ1) is 29.3. The second-order valence-electron chi connectivity index (χ2n) is 19.4. The van der Waals surface area contributed by atoms with E-state index in [1.165, 1.54) is 109 Å². The van der Waals surface area contributed by atoms with Crippen molar-refractivity contribution in [1.29, 1.82) is 0 Å². The van der Waals surface area contributed by atoms with Gasteiger partial charge >= 0.3 is 17.9 Å². The molecule has 9 heteroatoms. The summed E-state index contributed by atoms with van der Waals surface area (Å²) in [4.78, 5) is 40.9. The van der Waals surface area contributed by atoms with E-state index in [9.17, 15) is 14.4 Å². The number of esters is 3. The molecule has 0 saturated heterocycles. The third-order valence-corrected chi connectivity index (χ3v) is 16.2. The van der Waals surface area contributed by atoms with Gasteiger partial charge in [0.25, 0.3) is 0 Å². The van der Waals surface area contributed by atoms with E-state index in [0.717, 1.165) is 113 Å². The maximum absolute atomic E-state index is 13.0. The molecule has 0 aromatic carbocycles. The summed E-state index contributed by atoms with van der Waals surface area (Å²) in [7, 11) is 4.10. The summed E-state index contributed by atoms with van der Waals surface area (Å²) in [5.74, 6) is 6.43. The van der Waals surface area contributed by atoms with Crippen molar-refractivity contribution in [3.05, 3.63) is 0 Å². The van der Waals surface area contributed by atoms with Gasteiger partial charge < -0.3 is 19.1 Å². The molecule has 0 aromatic heterocycles. The van der Waals surface area contributed by atoms with Crippen LogP contribution in [0.25, 0.3) is 0 Å². The Kier molecular flexibility index (Phi) is 30.7. The zero-order valence-electron chi connectivity index (χ0n) is 39.4. The lowest BCUT2D eigenvalue weighted by Gasteiger charge is -2.30. The molecule has 0 amide bonds. The molecule has 3 rings (SSSR count). The van der Waals surface area contributed by atoms with Crippen LogP contribution < -0.4 is 0 Å². The number of hydrogen-bond acceptors (Lipinski definition) is 9. The molecule has 60 heavy (non-hydrogen) atoms. The number of carbonyl (C=O) groups excluding carboxylic acids is 3. The van der Waals surface area contributed by atoms with E-state index in [4.69, 9.17) is 14.2 Å². The predicted octanol–water partition coefficient (Wildman–Crippen LogP) is 13.8. The molecule has 0 N–H and O–H groups in total. The average Bonchev–Trinajstić information content (AvgIpc) is 3.26. The fourth-order valence-corrected chi connectivity index (χ4v) is 12.3. The Hall–Kier alpha value is -0.930. The van der Waals surface area contributed by atoms with Gasteiger partial charge in [-0.1, -0.05) is 117 Å². The van der Waals surface area contributed by atoms with Crippen molar-refractivity contribution < 1.29 is 28.6 Å². The van der Waals surface area contributed by atoms with Crippen molar-refractivity contribution in [3.63, 3.8) is 0 Å². The molecule has 0 aromatic rings. The van der Waals surface area contributed by atoms with Crippen molar-refractivity contribution in [3.8, 4) is 0 Å². The summed E-state index contributed by atoms with van der Waals surface area (Å²) in [6.45, 7) is 5.37. The van der Waals surface area contributed by atoms with Gasteiger partial charge in [0.05, 0.1) is 0 Å². The lowest BCUT2D eigenvalue weighted by Crippen LogP contribution is -2.31. The molecule has 3 saturated carbocycles. The molecule has 4 atom stereocenters. The maximum atomic E-state index is 13.0. The molecule has 0 radical (unpaired) electrons. The molecule has 0 bridgehead atoms. The van der Waals surface area contributed by atoms with Gasteiger partial charge in [-0.05, 0) is 139 Å². The van der Waals surface area contributed by atoms with Crippen LogP contribution >= 0.6 is 23.5 Å². The zero-order chi connectivity index (χ0) is 43.0. The largest absolute Gasteiger partial charge is 0.462 e. The SMILES string of the molecule is CCCC(CC)CCC(=O)OC(CSCCCCCC(CCCCCSCC(OC(=O)CCC1CCCCC1)C1CCCCC1)OC(=O)CCCN(C)C)C1CCCCC1. The number of thioether (sulfide) groups is 2. The predicted molar refractivity (Wildman–Crippen MR) is 256 cm³/mol. The summed E-state index contributed by atoms with van der Waals surface area (Å²) >= 11 is 3.94. The number of nitrogens with zero attached hydrogens (tertiary/aromatic N) is 1. The van der Waals surface area contributed by atoms with E-state index in [1.807, 2.05) is 37.6 Å². The van der Waals surface area contributed by atoms with Gasteiger partial charge in [0.1, 0.15) is 18.3 Å². The molecule has 0 spiro atoms. The highest BCUT2D eigenvalue weighted by Gasteiger charge is 2.29. The molecule has 4 unspecified atom stereocenters. The van der Waals surface area contributed by atoms with Crippen LogP contribution in [0.1, 0.15) is 219 Å². The Balaban J connectivity index is 1.36. The van der Waals surface area contributed by atoms with Crippen LogP contribution in [0, 0.1) is 23.7 Å². The van der Waals surface area contributed by atoms with Crippen molar-refractivity contribution >= 4 is 41.4 Å². The van der Waals surface area contributed by atoms with Crippen LogP contribution in [0.4, 0.5) is 0 Å². The van der Waals surface area contributed by atoms with Crippen molar-refractivity contribution in [2.45, 2.75) is 238 Å². The summed E-state index contributed by atoms with van der Waals surface area (Å²) in [6, 6.07) is 0. The van der Waals surface area contributed by atoms with Crippen LogP contribution in [-0.2, 0) is 28.6 Å². The Morgan fingerprint density at radius 1 is 0.550 bits per heavy atom. The molecule has 3 fully saturated rings. The van der Waals surface area contributed by atoms with Gasteiger partial charge in [0.15, 0.2) is 0 Å². The summed E-state index contributed by atoms with van der Waals surface area (Å²) in [5, 5.41) is 0. The van der Waals surface area contributed by atoms with Gasteiger partial charge in [0.2, 0.25) is 0 Å². The van der Waals surface area contributed by atoms with Crippen LogP contribution in [0.5, 0.6) is 0 Å². The quantitative estimate of drug-likeness (QED) is 0.0356. The number of unbranched alkanes of at least 4 members (excludes halogenated alkanes) is 4. The van der Waals surface area contributed by atoms with E-state index in [0.29, 0.717) is 37.0 Å². The van der Waals surface area contributed by atoms with Crippen LogP contribution in [-0.4, -0.2) is 84.8 Å². The Morgan fingerprint density at radius 3 is 1.55 bits per heavy atom. The fraction of sp³-hybridized carbons (Fsp3) is 0.941. The monoisotopic (exact) mass is 880 g/mol. The van der Waals surface area contributed by atoms with Gasteiger partial charge in [-0.25, -0.2) is 0 Å². The van der Waals surface area contributed by atoms with E-state index >= 15 is 0 Å². The molecule has 3 aliphatic rings.